The second-order valence-corrected chi connectivity index (χ2v) is 6.05. The van der Waals surface area contributed by atoms with Crippen molar-refractivity contribution in [1.82, 2.24) is 5.32 Å². The molecule has 0 fully saturated rings. The van der Waals surface area contributed by atoms with Gasteiger partial charge in [-0.15, -0.1) is 12.4 Å². The smallest absolute Gasteiger partial charge is 0.220 e. The normalized spacial score (nSPS) is 12.7. The molecule has 2 aromatic carbocycles. The molecule has 0 saturated carbocycles. The van der Waals surface area contributed by atoms with E-state index < -0.39 is 6.10 Å². The molecule has 0 aromatic heterocycles. The quantitative estimate of drug-likeness (QED) is 0.641. The molecular weight excluding hydrogens is 336 g/mol. The van der Waals surface area contributed by atoms with Gasteiger partial charge in [0, 0.05) is 19.0 Å². The molecule has 0 aliphatic carbocycles. The van der Waals surface area contributed by atoms with Gasteiger partial charge >= 0.3 is 0 Å². The highest BCUT2D eigenvalue weighted by atomic mass is 35.5. The van der Waals surface area contributed by atoms with Crippen LogP contribution in [0.5, 0.6) is 0 Å². The molecule has 2 rings (SSSR count). The average Bonchev–Trinajstić information content (AvgIpc) is 2.61. The van der Waals surface area contributed by atoms with E-state index in [1.165, 1.54) is 5.56 Å². The zero-order valence-corrected chi connectivity index (χ0v) is 15.1. The van der Waals surface area contributed by atoms with Crippen molar-refractivity contribution in [2.24, 2.45) is 5.73 Å². The molecule has 0 saturated heterocycles. The summed E-state index contributed by atoms with van der Waals surface area (Å²) < 4.78 is 0. The van der Waals surface area contributed by atoms with Crippen molar-refractivity contribution < 1.29 is 9.90 Å². The number of halogens is 1. The van der Waals surface area contributed by atoms with Crippen LogP contribution in [0.4, 0.5) is 0 Å². The minimum Gasteiger partial charge on any atom is -0.391 e. The number of nitrogens with two attached hydrogens (primary N) is 1. The molecular formula is C20H27ClN2O2. The molecule has 2 atom stereocenters. The fraction of sp³-hybridized carbons (Fsp3) is 0.350. The first-order valence-corrected chi connectivity index (χ1v) is 8.43. The molecule has 0 radical (unpaired) electrons. The third kappa shape index (κ3) is 8.16. The zero-order valence-electron chi connectivity index (χ0n) is 14.3. The molecule has 0 unspecified atom stereocenters. The third-order valence-electron chi connectivity index (χ3n) is 4.05. The van der Waals surface area contributed by atoms with E-state index in [1.54, 1.807) is 0 Å². The molecule has 1 amide bonds. The van der Waals surface area contributed by atoms with E-state index in [9.17, 15) is 9.90 Å². The second kappa shape index (κ2) is 11.6. The minimum absolute atomic E-state index is 0. The van der Waals surface area contributed by atoms with Gasteiger partial charge in [-0.05, 0) is 30.4 Å². The maximum atomic E-state index is 11.9. The summed E-state index contributed by atoms with van der Waals surface area (Å²) in [6, 6.07) is 19.5. The van der Waals surface area contributed by atoms with Crippen molar-refractivity contribution in [3.8, 4) is 0 Å². The lowest BCUT2D eigenvalue weighted by Gasteiger charge is -2.18. The molecule has 4 N–H and O–H groups in total. The van der Waals surface area contributed by atoms with Crippen LogP contribution in [-0.2, 0) is 17.6 Å². The molecule has 0 bridgehead atoms. The van der Waals surface area contributed by atoms with Gasteiger partial charge in [0.25, 0.3) is 0 Å². The Morgan fingerprint density at radius 2 is 1.56 bits per heavy atom. The second-order valence-electron chi connectivity index (χ2n) is 6.05. The van der Waals surface area contributed by atoms with Crippen LogP contribution in [0.25, 0.3) is 0 Å². The maximum Gasteiger partial charge on any atom is 0.220 e. The van der Waals surface area contributed by atoms with Crippen molar-refractivity contribution in [1.29, 1.82) is 0 Å². The number of amides is 1. The zero-order chi connectivity index (χ0) is 17.2. The van der Waals surface area contributed by atoms with Gasteiger partial charge in [-0.3, -0.25) is 4.79 Å². The molecule has 0 heterocycles. The van der Waals surface area contributed by atoms with Crippen molar-refractivity contribution in [3.05, 3.63) is 71.8 Å². The molecule has 136 valence electrons. The van der Waals surface area contributed by atoms with Gasteiger partial charge in [-0.25, -0.2) is 0 Å². The van der Waals surface area contributed by atoms with Crippen LogP contribution in [-0.4, -0.2) is 29.7 Å². The van der Waals surface area contributed by atoms with Gasteiger partial charge in [-0.2, -0.15) is 0 Å². The summed E-state index contributed by atoms with van der Waals surface area (Å²) in [5.74, 6) is -0.0445. The summed E-state index contributed by atoms with van der Waals surface area (Å²) in [6.07, 6.45) is 1.41. The Kier molecular flexibility index (Phi) is 9.85. The first-order valence-electron chi connectivity index (χ1n) is 8.43. The highest BCUT2D eigenvalue weighted by Crippen LogP contribution is 2.08. The highest BCUT2D eigenvalue weighted by molar-refractivity contribution is 5.85. The van der Waals surface area contributed by atoms with Gasteiger partial charge in [0.05, 0.1) is 6.10 Å². The first kappa shape index (κ1) is 21.2. The molecule has 4 nitrogen and oxygen atoms in total. The number of carbonyl (C=O) groups is 1. The Labute approximate surface area is 155 Å². The van der Waals surface area contributed by atoms with Gasteiger partial charge < -0.3 is 16.2 Å². The standard InChI is InChI=1S/C20H26N2O2.ClH/c21-18(15-17-9-5-2-6-10-17)19(23)11-12-20(24)22-14-13-16-7-3-1-4-8-16;/h1-10,18-19,23H,11-15,21H2,(H,22,24);1H/t18-,19-;/m0./s1. The van der Waals surface area contributed by atoms with E-state index in [4.69, 9.17) is 5.73 Å². The van der Waals surface area contributed by atoms with E-state index in [-0.39, 0.29) is 24.4 Å². The van der Waals surface area contributed by atoms with Crippen LogP contribution in [0.1, 0.15) is 24.0 Å². The molecule has 2 aromatic rings. The molecule has 0 aliphatic rings. The summed E-state index contributed by atoms with van der Waals surface area (Å²) in [6.45, 7) is 0.606. The molecule has 0 aliphatic heterocycles. The number of rotatable bonds is 9. The van der Waals surface area contributed by atoms with E-state index >= 15 is 0 Å². The summed E-state index contributed by atoms with van der Waals surface area (Å²) in [5.41, 5.74) is 8.32. The van der Waals surface area contributed by atoms with E-state index in [0.717, 1.165) is 12.0 Å². The van der Waals surface area contributed by atoms with Crippen LogP contribution in [0.3, 0.4) is 0 Å². The number of carbonyl (C=O) groups excluding carboxylic acids is 1. The van der Waals surface area contributed by atoms with Crippen LogP contribution >= 0.6 is 12.4 Å². The summed E-state index contributed by atoms with van der Waals surface area (Å²) in [5, 5.41) is 13.0. The summed E-state index contributed by atoms with van der Waals surface area (Å²) in [7, 11) is 0. The fourth-order valence-corrected chi connectivity index (χ4v) is 2.59. The number of hydrogen-bond acceptors (Lipinski definition) is 3. The fourth-order valence-electron chi connectivity index (χ4n) is 2.59. The molecule has 5 heteroatoms. The molecule has 25 heavy (non-hydrogen) atoms. The maximum absolute atomic E-state index is 11.9. The largest absolute Gasteiger partial charge is 0.391 e. The Bertz CT molecular complexity index is 608. The van der Waals surface area contributed by atoms with Crippen molar-refractivity contribution in [2.75, 3.05) is 6.54 Å². The number of aliphatic hydroxyl groups excluding tert-OH is 1. The Morgan fingerprint density at radius 1 is 1.00 bits per heavy atom. The van der Waals surface area contributed by atoms with Crippen LogP contribution in [0.15, 0.2) is 60.7 Å². The summed E-state index contributed by atoms with van der Waals surface area (Å²) >= 11 is 0. The number of aliphatic hydroxyl groups is 1. The Balaban J connectivity index is 0.00000312. The first-order chi connectivity index (χ1) is 11.6. The Morgan fingerprint density at radius 3 is 2.16 bits per heavy atom. The van der Waals surface area contributed by atoms with Gasteiger partial charge in [0.1, 0.15) is 0 Å². The SMILES string of the molecule is Cl.N[C@@H](Cc1ccccc1)[C@@H](O)CCC(=O)NCCc1ccccc1. The number of benzene rings is 2. The topological polar surface area (TPSA) is 75.3 Å². The lowest BCUT2D eigenvalue weighted by molar-refractivity contribution is -0.121. The van der Waals surface area contributed by atoms with Gasteiger partial charge in [-0.1, -0.05) is 60.7 Å². The predicted octanol–water partition coefficient (Wildman–Crippen LogP) is 2.48. The van der Waals surface area contributed by atoms with Crippen molar-refractivity contribution in [3.63, 3.8) is 0 Å². The van der Waals surface area contributed by atoms with Crippen LogP contribution in [0, 0.1) is 0 Å². The van der Waals surface area contributed by atoms with Crippen LogP contribution in [0.2, 0.25) is 0 Å². The van der Waals surface area contributed by atoms with Crippen molar-refractivity contribution >= 4 is 18.3 Å². The average molecular weight is 363 g/mol. The Hall–Kier alpha value is -1.88. The van der Waals surface area contributed by atoms with Crippen LogP contribution < -0.4 is 11.1 Å². The highest BCUT2D eigenvalue weighted by Gasteiger charge is 2.16. The minimum atomic E-state index is -0.676. The predicted molar refractivity (Wildman–Crippen MR) is 104 cm³/mol. The monoisotopic (exact) mass is 362 g/mol. The third-order valence-corrected chi connectivity index (χ3v) is 4.05. The van der Waals surface area contributed by atoms with Gasteiger partial charge in [0.15, 0.2) is 0 Å². The summed E-state index contributed by atoms with van der Waals surface area (Å²) in [4.78, 5) is 11.9. The number of nitrogens with one attached hydrogen (secondary N) is 1. The lowest BCUT2D eigenvalue weighted by Crippen LogP contribution is -2.37. The van der Waals surface area contributed by atoms with E-state index in [1.807, 2.05) is 60.7 Å². The number of hydrogen-bond donors (Lipinski definition) is 3. The van der Waals surface area contributed by atoms with Crippen molar-refractivity contribution in [2.45, 2.75) is 37.8 Å². The lowest BCUT2D eigenvalue weighted by atomic mass is 9.99. The van der Waals surface area contributed by atoms with E-state index in [2.05, 4.69) is 5.32 Å². The van der Waals surface area contributed by atoms with E-state index in [0.29, 0.717) is 25.8 Å². The molecule has 0 spiro atoms. The van der Waals surface area contributed by atoms with Gasteiger partial charge in [0.2, 0.25) is 5.91 Å².